The Morgan fingerprint density at radius 3 is 2.37 bits per heavy atom. The van der Waals surface area contributed by atoms with Gasteiger partial charge in [0, 0.05) is 25.0 Å². The number of methoxy groups -OCH3 is 1. The van der Waals surface area contributed by atoms with Crippen molar-refractivity contribution in [2.24, 2.45) is 10.8 Å². The van der Waals surface area contributed by atoms with E-state index < -0.39 is 11.4 Å². The van der Waals surface area contributed by atoms with Gasteiger partial charge in [0.15, 0.2) is 0 Å². The first kappa shape index (κ1) is 16.0. The first-order valence-corrected chi connectivity index (χ1v) is 6.62. The number of hydrogen-bond donors (Lipinski definition) is 2. The highest BCUT2D eigenvalue weighted by molar-refractivity contribution is 5.78. The van der Waals surface area contributed by atoms with E-state index in [1.54, 1.807) is 21.0 Å². The van der Waals surface area contributed by atoms with Gasteiger partial charge in [-0.3, -0.25) is 9.59 Å². The van der Waals surface area contributed by atoms with Crippen molar-refractivity contribution in [1.29, 1.82) is 0 Å². The number of aliphatic carboxylic acids is 1. The Labute approximate surface area is 114 Å². The molecule has 0 radical (unpaired) electrons. The van der Waals surface area contributed by atoms with E-state index in [2.05, 4.69) is 19.2 Å². The number of amides is 1. The minimum atomic E-state index is -0.874. The molecule has 110 valence electrons. The number of carbonyl (C=O) groups is 2. The summed E-state index contributed by atoms with van der Waals surface area (Å²) in [6, 6.07) is 0.102. The quantitative estimate of drug-likeness (QED) is 0.772. The number of carboxylic acid groups (broad SMARTS) is 1. The molecule has 2 unspecified atom stereocenters. The van der Waals surface area contributed by atoms with Crippen molar-refractivity contribution in [2.75, 3.05) is 7.11 Å². The van der Waals surface area contributed by atoms with Crippen molar-refractivity contribution in [1.82, 2.24) is 5.32 Å². The summed E-state index contributed by atoms with van der Waals surface area (Å²) in [6.45, 7) is 7.73. The van der Waals surface area contributed by atoms with Crippen molar-refractivity contribution in [3.05, 3.63) is 0 Å². The molecule has 0 bridgehead atoms. The molecule has 0 heterocycles. The molecule has 5 heteroatoms. The Balaban J connectivity index is 2.47. The molecule has 0 aromatic rings. The topological polar surface area (TPSA) is 75.6 Å². The largest absolute Gasteiger partial charge is 0.481 e. The Kier molecular flexibility index (Phi) is 4.61. The molecule has 1 fully saturated rings. The molecule has 2 N–H and O–H groups in total. The number of rotatable bonds is 6. The highest BCUT2D eigenvalue weighted by Gasteiger charge is 2.49. The van der Waals surface area contributed by atoms with Crippen LogP contribution in [0.3, 0.4) is 0 Å². The fourth-order valence-electron chi connectivity index (χ4n) is 2.68. The predicted octanol–water partition coefficient (Wildman–Crippen LogP) is 1.81. The fourth-order valence-corrected chi connectivity index (χ4v) is 2.68. The van der Waals surface area contributed by atoms with Gasteiger partial charge in [-0.05, 0) is 11.8 Å². The SMILES string of the molecule is COC1CC(NC(=O)CC(C)(C)CC(=O)O)C1(C)C. The van der Waals surface area contributed by atoms with E-state index in [0.29, 0.717) is 0 Å². The first-order valence-electron chi connectivity index (χ1n) is 6.62. The van der Waals surface area contributed by atoms with E-state index in [-0.39, 0.29) is 36.3 Å². The molecule has 1 aliphatic carbocycles. The van der Waals surface area contributed by atoms with Crippen LogP contribution in [0, 0.1) is 10.8 Å². The zero-order chi connectivity index (χ0) is 14.8. The number of ether oxygens (including phenoxy) is 1. The third-order valence-corrected chi connectivity index (χ3v) is 4.07. The van der Waals surface area contributed by atoms with Crippen molar-refractivity contribution in [2.45, 2.75) is 59.1 Å². The van der Waals surface area contributed by atoms with E-state index >= 15 is 0 Å². The molecule has 0 aliphatic heterocycles. The summed E-state index contributed by atoms with van der Waals surface area (Å²) in [5.41, 5.74) is -0.591. The summed E-state index contributed by atoms with van der Waals surface area (Å²) in [4.78, 5) is 22.7. The maximum absolute atomic E-state index is 12.0. The Bertz CT molecular complexity index is 362. The molecule has 5 nitrogen and oxygen atoms in total. The van der Waals surface area contributed by atoms with Gasteiger partial charge in [0.05, 0.1) is 12.5 Å². The second-order valence-corrected chi connectivity index (χ2v) is 6.81. The highest BCUT2D eigenvalue weighted by Crippen LogP contribution is 2.42. The smallest absolute Gasteiger partial charge is 0.303 e. The summed E-state index contributed by atoms with van der Waals surface area (Å²) in [5, 5.41) is 11.8. The van der Waals surface area contributed by atoms with Gasteiger partial charge in [0.25, 0.3) is 0 Å². The lowest BCUT2D eigenvalue weighted by Gasteiger charge is -2.51. The second-order valence-electron chi connectivity index (χ2n) is 6.81. The molecule has 19 heavy (non-hydrogen) atoms. The molecule has 0 aromatic carbocycles. The minimum Gasteiger partial charge on any atom is -0.481 e. The Morgan fingerprint density at radius 2 is 1.95 bits per heavy atom. The van der Waals surface area contributed by atoms with Gasteiger partial charge in [-0.25, -0.2) is 0 Å². The maximum atomic E-state index is 12.0. The summed E-state index contributed by atoms with van der Waals surface area (Å²) in [7, 11) is 1.68. The van der Waals surface area contributed by atoms with Crippen LogP contribution < -0.4 is 5.32 Å². The zero-order valence-electron chi connectivity index (χ0n) is 12.4. The average Bonchev–Trinajstić information content (AvgIpc) is 2.20. The molecule has 1 amide bonds. The van der Waals surface area contributed by atoms with Crippen LogP contribution >= 0.6 is 0 Å². The van der Waals surface area contributed by atoms with Crippen LogP contribution in [0.2, 0.25) is 0 Å². The molecule has 0 saturated heterocycles. The van der Waals surface area contributed by atoms with Crippen LogP contribution in [0.4, 0.5) is 0 Å². The van der Waals surface area contributed by atoms with Gasteiger partial charge in [0.2, 0.25) is 5.91 Å². The predicted molar refractivity (Wildman–Crippen MR) is 71.8 cm³/mol. The lowest BCUT2D eigenvalue weighted by atomic mass is 9.64. The van der Waals surface area contributed by atoms with Gasteiger partial charge >= 0.3 is 5.97 Å². The van der Waals surface area contributed by atoms with Crippen LogP contribution in [0.25, 0.3) is 0 Å². The summed E-state index contributed by atoms with van der Waals surface area (Å²) in [5.74, 6) is -0.958. The number of carboxylic acids is 1. The van der Waals surface area contributed by atoms with Crippen molar-refractivity contribution in [3.8, 4) is 0 Å². The number of hydrogen-bond acceptors (Lipinski definition) is 3. The third-order valence-electron chi connectivity index (χ3n) is 4.07. The van der Waals surface area contributed by atoms with Crippen molar-refractivity contribution < 1.29 is 19.4 Å². The van der Waals surface area contributed by atoms with Crippen LogP contribution in [0.5, 0.6) is 0 Å². The molecule has 0 aromatic heterocycles. The van der Waals surface area contributed by atoms with Gasteiger partial charge in [0.1, 0.15) is 0 Å². The summed E-state index contributed by atoms with van der Waals surface area (Å²) in [6.07, 6.45) is 1.21. The molecule has 1 aliphatic rings. The first-order chi connectivity index (χ1) is 8.58. The maximum Gasteiger partial charge on any atom is 0.303 e. The average molecular weight is 271 g/mol. The van der Waals surface area contributed by atoms with E-state index in [9.17, 15) is 9.59 Å². The fraction of sp³-hybridized carbons (Fsp3) is 0.857. The van der Waals surface area contributed by atoms with Gasteiger partial charge in [-0.2, -0.15) is 0 Å². The Morgan fingerprint density at radius 1 is 1.37 bits per heavy atom. The lowest BCUT2D eigenvalue weighted by Crippen LogP contribution is -2.62. The number of carbonyl (C=O) groups excluding carboxylic acids is 1. The summed E-state index contributed by atoms with van der Waals surface area (Å²) >= 11 is 0. The normalized spacial score (nSPS) is 25.5. The minimum absolute atomic E-state index is 0.00479. The van der Waals surface area contributed by atoms with E-state index in [1.165, 1.54) is 0 Å². The van der Waals surface area contributed by atoms with Crippen LogP contribution in [-0.2, 0) is 14.3 Å². The standard InChI is InChI=1S/C14H25NO4/c1-13(2,8-12(17)18)7-11(16)15-9-6-10(19-5)14(9,3)4/h9-10H,6-8H2,1-5H3,(H,15,16)(H,17,18). The van der Waals surface area contributed by atoms with Crippen molar-refractivity contribution in [3.63, 3.8) is 0 Å². The summed E-state index contributed by atoms with van der Waals surface area (Å²) < 4.78 is 5.34. The van der Waals surface area contributed by atoms with Gasteiger partial charge in [-0.15, -0.1) is 0 Å². The second kappa shape index (κ2) is 5.49. The molecular formula is C14H25NO4. The molecule has 2 atom stereocenters. The zero-order valence-corrected chi connectivity index (χ0v) is 12.4. The number of nitrogens with one attached hydrogen (secondary N) is 1. The van der Waals surface area contributed by atoms with Gasteiger partial charge in [-0.1, -0.05) is 27.7 Å². The highest BCUT2D eigenvalue weighted by atomic mass is 16.5. The monoisotopic (exact) mass is 271 g/mol. The van der Waals surface area contributed by atoms with E-state index in [1.807, 2.05) is 0 Å². The van der Waals surface area contributed by atoms with Crippen molar-refractivity contribution >= 4 is 11.9 Å². The third kappa shape index (κ3) is 3.93. The van der Waals surface area contributed by atoms with Crippen LogP contribution in [0.15, 0.2) is 0 Å². The van der Waals surface area contributed by atoms with Crippen LogP contribution in [0.1, 0.15) is 47.0 Å². The van der Waals surface area contributed by atoms with Gasteiger partial charge < -0.3 is 15.2 Å². The molecular weight excluding hydrogens is 246 g/mol. The molecule has 1 rings (SSSR count). The Hall–Kier alpha value is -1.10. The lowest BCUT2D eigenvalue weighted by molar-refractivity contribution is -0.140. The molecule has 0 spiro atoms. The van der Waals surface area contributed by atoms with E-state index in [4.69, 9.17) is 9.84 Å². The van der Waals surface area contributed by atoms with E-state index in [0.717, 1.165) is 6.42 Å². The van der Waals surface area contributed by atoms with Crippen LogP contribution in [-0.4, -0.2) is 36.2 Å². The molecule has 1 saturated carbocycles.